The molecular formula is C19H15BrN2O3. The smallest absolute Gasteiger partial charge is 0.291 e. The molecule has 3 rings (SSSR count). The number of amides is 2. The van der Waals surface area contributed by atoms with Crippen LogP contribution < -0.4 is 10.6 Å². The zero-order valence-corrected chi connectivity index (χ0v) is 15.0. The molecule has 6 heteroatoms. The minimum absolute atomic E-state index is 0.208. The monoisotopic (exact) mass is 398 g/mol. The van der Waals surface area contributed by atoms with E-state index in [1.165, 1.54) is 6.26 Å². The summed E-state index contributed by atoms with van der Waals surface area (Å²) >= 11 is 3.44. The zero-order chi connectivity index (χ0) is 17.8. The van der Waals surface area contributed by atoms with Gasteiger partial charge in [0, 0.05) is 21.4 Å². The molecule has 2 aromatic carbocycles. The van der Waals surface area contributed by atoms with Crippen molar-refractivity contribution in [2.75, 3.05) is 10.6 Å². The summed E-state index contributed by atoms with van der Waals surface area (Å²) < 4.78 is 5.97. The largest absolute Gasteiger partial charge is 0.459 e. The Balaban J connectivity index is 1.73. The highest BCUT2D eigenvalue weighted by Crippen LogP contribution is 2.21. The number of rotatable bonds is 4. The number of anilines is 2. The van der Waals surface area contributed by atoms with Crippen molar-refractivity contribution in [2.24, 2.45) is 0 Å². The van der Waals surface area contributed by atoms with Crippen LogP contribution in [0.25, 0.3) is 0 Å². The van der Waals surface area contributed by atoms with Gasteiger partial charge in [0.2, 0.25) is 0 Å². The number of hydrogen-bond acceptors (Lipinski definition) is 3. The van der Waals surface area contributed by atoms with Crippen molar-refractivity contribution in [1.82, 2.24) is 0 Å². The molecule has 0 aliphatic carbocycles. The summed E-state index contributed by atoms with van der Waals surface area (Å²) in [6, 6.07) is 15.5. The fraction of sp³-hybridized carbons (Fsp3) is 0.0526. The molecule has 0 bridgehead atoms. The first-order chi connectivity index (χ1) is 12.0. The normalized spacial score (nSPS) is 10.3. The third-order valence-corrected chi connectivity index (χ3v) is 4.41. The van der Waals surface area contributed by atoms with Crippen molar-refractivity contribution in [1.29, 1.82) is 0 Å². The second-order valence-electron chi connectivity index (χ2n) is 5.43. The standard InChI is InChI=1S/C19H15BrN2O3/c1-12-7-8-15(11-16(12)20)21-18(23)13-4-2-5-14(10-13)22-19(24)17-6-3-9-25-17/h2-11H,1H3,(H,21,23)(H,22,24). The Morgan fingerprint density at radius 1 is 0.920 bits per heavy atom. The topological polar surface area (TPSA) is 71.3 Å². The van der Waals surface area contributed by atoms with Gasteiger partial charge in [-0.25, -0.2) is 0 Å². The minimum atomic E-state index is -0.370. The van der Waals surface area contributed by atoms with Crippen LogP contribution in [0.1, 0.15) is 26.5 Å². The number of hydrogen-bond donors (Lipinski definition) is 2. The molecule has 0 spiro atoms. The molecule has 0 saturated heterocycles. The van der Waals surface area contributed by atoms with Crippen molar-refractivity contribution in [3.05, 3.63) is 82.2 Å². The van der Waals surface area contributed by atoms with Gasteiger partial charge in [-0.2, -0.15) is 0 Å². The van der Waals surface area contributed by atoms with E-state index in [1.54, 1.807) is 36.4 Å². The predicted octanol–water partition coefficient (Wildman–Crippen LogP) is 4.86. The molecule has 0 fully saturated rings. The molecule has 126 valence electrons. The van der Waals surface area contributed by atoms with E-state index in [-0.39, 0.29) is 17.6 Å². The second-order valence-corrected chi connectivity index (χ2v) is 6.28. The Hall–Kier alpha value is -2.86. The van der Waals surface area contributed by atoms with Gasteiger partial charge in [-0.05, 0) is 55.0 Å². The molecule has 25 heavy (non-hydrogen) atoms. The van der Waals surface area contributed by atoms with Crippen molar-refractivity contribution in [3.63, 3.8) is 0 Å². The average Bonchev–Trinajstić information content (AvgIpc) is 3.13. The molecule has 0 aliphatic heterocycles. The van der Waals surface area contributed by atoms with E-state index in [0.29, 0.717) is 16.9 Å². The maximum Gasteiger partial charge on any atom is 0.291 e. The van der Waals surface area contributed by atoms with E-state index in [9.17, 15) is 9.59 Å². The maximum absolute atomic E-state index is 12.4. The van der Waals surface area contributed by atoms with Crippen LogP contribution in [0.5, 0.6) is 0 Å². The van der Waals surface area contributed by atoms with E-state index in [4.69, 9.17) is 4.42 Å². The van der Waals surface area contributed by atoms with Gasteiger partial charge < -0.3 is 15.1 Å². The second kappa shape index (κ2) is 7.36. The van der Waals surface area contributed by atoms with Gasteiger partial charge in [-0.3, -0.25) is 9.59 Å². The Kier molecular flexibility index (Phi) is 5.00. The minimum Gasteiger partial charge on any atom is -0.459 e. The fourth-order valence-corrected chi connectivity index (χ4v) is 2.59. The van der Waals surface area contributed by atoms with E-state index < -0.39 is 0 Å². The first-order valence-corrected chi connectivity index (χ1v) is 8.34. The number of carbonyl (C=O) groups is 2. The molecule has 0 atom stereocenters. The summed E-state index contributed by atoms with van der Waals surface area (Å²) in [5, 5.41) is 5.53. The predicted molar refractivity (Wildman–Crippen MR) is 99.9 cm³/mol. The van der Waals surface area contributed by atoms with Crippen molar-refractivity contribution in [2.45, 2.75) is 6.92 Å². The first-order valence-electron chi connectivity index (χ1n) is 7.55. The lowest BCUT2D eigenvalue weighted by molar-refractivity contribution is 0.0993. The van der Waals surface area contributed by atoms with Crippen LogP contribution in [0.3, 0.4) is 0 Å². The molecule has 3 aromatic rings. The van der Waals surface area contributed by atoms with Crippen LogP contribution in [0, 0.1) is 6.92 Å². The van der Waals surface area contributed by atoms with Gasteiger partial charge in [-0.1, -0.05) is 28.1 Å². The molecule has 0 radical (unpaired) electrons. The van der Waals surface area contributed by atoms with E-state index in [2.05, 4.69) is 26.6 Å². The van der Waals surface area contributed by atoms with Gasteiger partial charge in [0.15, 0.2) is 5.76 Å². The third kappa shape index (κ3) is 4.16. The van der Waals surface area contributed by atoms with Gasteiger partial charge in [0.05, 0.1) is 6.26 Å². The van der Waals surface area contributed by atoms with Crippen LogP contribution in [0.15, 0.2) is 69.8 Å². The number of nitrogens with one attached hydrogen (secondary N) is 2. The van der Waals surface area contributed by atoms with Gasteiger partial charge in [-0.15, -0.1) is 0 Å². The van der Waals surface area contributed by atoms with E-state index in [1.807, 2.05) is 25.1 Å². The Bertz CT molecular complexity index is 920. The molecule has 2 N–H and O–H groups in total. The van der Waals surface area contributed by atoms with Crippen LogP contribution in [-0.4, -0.2) is 11.8 Å². The highest BCUT2D eigenvalue weighted by atomic mass is 79.9. The van der Waals surface area contributed by atoms with Gasteiger partial charge >= 0.3 is 0 Å². The lowest BCUT2D eigenvalue weighted by Gasteiger charge is -2.09. The van der Waals surface area contributed by atoms with Gasteiger partial charge in [0.25, 0.3) is 11.8 Å². The van der Waals surface area contributed by atoms with Crippen LogP contribution >= 0.6 is 15.9 Å². The summed E-state index contributed by atoms with van der Waals surface area (Å²) in [5.74, 6) is -0.422. The maximum atomic E-state index is 12.4. The SMILES string of the molecule is Cc1ccc(NC(=O)c2cccc(NC(=O)c3ccco3)c2)cc1Br. The molecule has 0 saturated carbocycles. The number of furan rings is 1. The molecule has 2 amide bonds. The van der Waals surface area contributed by atoms with E-state index >= 15 is 0 Å². The molecular weight excluding hydrogens is 384 g/mol. The Morgan fingerprint density at radius 2 is 1.68 bits per heavy atom. The molecule has 0 aliphatic rings. The first kappa shape index (κ1) is 17.0. The fourth-order valence-electron chi connectivity index (χ4n) is 2.21. The summed E-state index contributed by atoms with van der Waals surface area (Å²) in [6.07, 6.45) is 1.43. The Labute approximate surface area is 153 Å². The van der Waals surface area contributed by atoms with Crippen molar-refractivity contribution in [3.8, 4) is 0 Å². The van der Waals surface area contributed by atoms with Gasteiger partial charge in [0.1, 0.15) is 0 Å². The lowest BCUT2D eigenvalue weighted by atomic mass is 10.1. The molecule has 1 heterocycles. The quantitative estimate of drug-likeness (QED) is 0.659. The number of halogens is 1. The molecule has 5 nitrogen and oxygen atoms in total. The highest BCUT2D eigenvalue weighted by molar-refractivity contribution is 9.10. The molecule has 0 unspecified atom stereocenters. The highest BCUT2D eigenvalue weighted by Gasteiger charge is 2.11. The number of aryl methyl sites for hydroxylation is 1. The summed E-state index contributed by atoms with van der Waals surface area (Å²) in [5.41, 5.74) is 2.72. The summed E-state index contributed by atoms with van der Waals surface area (Å²) in [6.45, 7) is 1.97. The molecule has 1 aromatic heterocycles. The summed E-state index contributed by atoms with van der Waals surface area (Å²) in [7, 11) is 0. The zero-order valence-electron chi connectivity index (χ0n) is 13.4. The van der Waals surface area contributed by atoms with Crippen molar-refractivity contribution < 1.29 is 14.0 Å². The van der Waals surface area contributed by atoms with Crippen LogP contribution in [0.2, 0.25) is 0 Å². The summed E-state index contributed by atoms with van der Waals surface area (Å²) in [4.78, 5) is 24.4. The number of carbonyl (C=O) groups excluding carboxylic acids is 2. The third-order valence-electron chi connectivity index (χ3n) is 3.56. The van der Waals surface area contributed by atoms with E-state index in [0.717, 1.165) is 10.0 Å². The average molecular weight is 399 g/mol. The lowest BCUT2D eigenvalue weighted by Crippen LogP contribution is -2.14. The van der Waals surface area contributed by atoms with Crippen LogP contribution in [-0.2, 0) is 0 Å². The van der Waals surface area contributed by atoms with Crippen molar-refractivity contribution >= 4 is 39.1 Å². The number of benzene rings is 2. The van der Waals surface area contributed by atoms with Crippen LogP contribution in [0.4, 0.5) is 11.4 Å². The Morgan fingerprint density at radius 3 is 2.40 bits per heavy atom.